The maximum absolute atomic E-state index is 13.8. The zero-order valence-corrected chi connectivity index (χ0v) is 15.5. The normalized spacial score (nSPS) is 11.7. The van der Waals surface area contributed by atoms with E-state index in [9.17, 15) is 14.0 Å². The summed E-state index contributed by atoms with van der Waals surface area (Å²) in [6, 6.07) is 11.6. The number of hydrogen-bond donors (Lipinski definition) is 2. The molecule has 1 atom stereocenters. The lowest BCUT2D eigenvalue weighted by Gasteiger charge is -2.13. The van der Waals surface area contributed by atoms with Crippen LogP contribution >= 0.6 is 27.7 Å². The Kier molecular flexibility index (Phi) is 6.39. The minimum absolute atomic E-state index is 0.139. The van der Waals surface area contributed by atoms with E-state index in [-0.39, 0.29) is 17.5 Å². The number of benzene rings is 2. The Bertz CT molecular complexity index is 753. The molecule has 0 fully saturated rings. The molecule has 4 nitrogen and oxygen atoms in total. The van der Waals surface area contributed by atoms with Gasteiger partial charge in [-0.05, 0) is 49.4 Å². The number of hydrogen-bond acceptors (Lipinski definition) is 3. The van der Waals surface area contributed by atoms with Gasteiger partial charge in [-0.1, -0.05) is 15.9 Å². The van der Waals surface area contributed by atoms with Crippen LogP contribution in [0.2, 0.25) is 0 Å². The number of carbonyl (C=O) groups is 2. The molecule has 7 heteroatoms. The van der Waals surface area contributed by atoms with Gasteiger partial charge in [0.05, 0.1) is 10.9 Å². The standard InChI is InChI=1S/C17H16BrFN2O2S/c1-10(17(23)21-16-8-3-12(18)9-15(16)19)24-14-6-4-13(5-7-14)20-11(2)22/h3-10H,1-2H3,(H,20,22)(H,21,23)/t10-/m0/s1. The number of halogens is 2. The van der Waals surface area contributed by atoms with Crippen molar-refractivity contribution in [1.29, 1.82) is 0 Å². The van der Waals surface area contributed by atoms with Gasteiger partial charge in [0, 0.05) is 22.0 Å². The summed E-state index contributed by atoms with van der Waals surface area (Å²) >= 11 is 4.52. The average Bonchev–Trinajstić information content (AvgIpc) is 2.51. The number of amides is 2. The molecule has 0 aliphatic heterocycles. The highest BCUT2D eigenvalue weighted by Crippen LogP contribution is 2.26. The Labute approximate surface area is 152 Å². The summed E-state index contributed by atoms with van der Waals surface area (Å²) in [5, 5.41) is 4.86. The fraction of sp³-hybridized carbons (Fsp3) is 0.176. The molecule has 0 unspecified atom stereocenters. The molecule has 0 aromatic heterocycles. The van der Waals surface area contributed by atoms with Crippen LogP contribution in [0.4, 0.5) is 15.8 Å². The molecule has 0 heterocycles. The predicted molar refractivity (Wildman–Crippen MR) is 98.8 cm³/mol. The van der Waals surface area contributed by atoms with Crippen molar-refractivity contribution in [3.63, 3.8) is 0 Å². The van der Waals surface area contributed by atoms with Crippen LogP contribution in [0.3, 0.4) is 0 Å². The molecular weight excluding hydrogens is 395 g/mol. The van der Waals surface area contributed by atoms with Crippen molar-refractivity contribution in [1.82, 2.24) is 0 Å². The van der Waals surface area contributed by atoms with Crippen LogP contribution in [0.25, 0.3) is 0 Å². The van der Waals surface area contributed by atoms with Gasteiger partial charge in [-0.15, -0.1) is 11.8 Å². The van der Waals surface area contributed by atoms with E-state index in [2.05, 4.69) is 26.6 Å². The quantitative estimate of drug-likeness (QED) is 0.704. The molecule has 2 rings (SSSR count). The molecule has 2 amide bonds. The smallest absolute Gasteiger partial charge is 0.237 e. The van der Waals surface area contributed by atoms with E-state index < -0.39 is 11.1 Å². The molecule has 24 heavy (non-hydrogen) atoms. The van der Waals surface area contributed by atoms with Gasteiger partial charge in [-0.2, -0.15) is 0 Å². The van der Waals surface area contributed by atoms with Crippen LogP contribution in [0, 0.1) is 5.82 Å². The summed E-state index contributed by atoms with van der Waals surface area (Å²) in [5.41, 5.74) is 0.845. The highest BCUT2D eigenvalue weighted by Gasteiger charge is 2.16. The van der Waals surface area contributed by atoms with Gasteiger partial charge >= 0.3 is 0 Å². The third-order valence-electron chi connectivity index (χ3n) is 3.05. The fourth-order valence-electron chi connectivity index (χ4n) is 1.90. The maximum Gasteiger partial charge on any atom is 0.237 e. The molecule has 0 radical (unpaired) electrons. The fourth-order valence-corrected chi connectivity index (χ4v) is 3.10. The second-order valence-electron chi connectivity index (χ2n) is 5.08. The maximum atomic E-state index is 13.8. The van der Waals surface area contributed by atoms with Crippen molar-refractivity contribution < 1.29 is 14.0 Å². The highest BCUT2D eigenvalue weighted by molar-refractivity contribution is 9.10. The van der Waals surface area contributed by atoms with E-state index in [1.807, 2.05) is 12.1 Å². The Morgan fingerprint density at radius 1 is 1.12 bits per heavy atom. The first-order chi connectivity index (χ1) is 11.3. The van der Waals surface area contributed by atoms with Crippen LogP contribution in [0.1, 0.15) is 13.8 Å². The van der Waals surface area contributed by atoms with Crippen molar-refractivity contribution in [3.05, 3.63) is 52.8 Å². The molecule has 2 N–H and O–H groups in total. The molecule has 0 bridgehead atoms. The van der Waals surface area contributed by atoms with Crippen molar-refractivity contribution in [2.45, 2.75) is 24.0 Å². The van der Waals surface area contributed by atoms with Crippen molar-refractivity contribution in [2.75, 3.05) is 10.6 Å². The molecule has 0 aliphatic rings. The molecular formula is C17H16BrFN2O2S. The third kappa shape index (κ3) is 5.35. The van der Waals surface area contributed by atoms with Gasteiger partial charge in [-0.25, -0.2) is 4.39 Å². The first-order valence-corrected chi connectivity index (χ1v) is 8.82. The number of rotatable bonds is 5. The van der Waals surface area contributed by atoms with Crippen molar-refractivity contribution in [2.24, 2.45) is 0 Å². The molecule has 126 valence electrons. The molecule has 0 saturated carbocycles. The summed E-state index contributed by atoms with van der Waals surface area (Å²) in [7, 11) is 0. The SMILES string of the molecule is CC(=O)Nc1ccc(S[C@@H](C)C(=O)Nc2ccc(Br)cc2F)cc1. The van der Waals surface area contributed by atoms with Gasteiger partial charge in [0.25, 0.3) is 0 Å². The Balaban J connectivity index is 1.97. The lowest BCUT2D eigenvalue weighted by atomic mass is 10.3. The van der Waals surface area contributed by atoms with Crippen LogP contribution in [-0.2, 0) is 9.59 Å². The first-order valence-electron chi connectivity index (χ1n) is 7.15. The van der Waals surface area contributed by atoms with E-state index in [0.29, 0.717) is 10.2 Å². The predicted octanol–water partition coefficient (Wildman–Crippen LogP) is 4.67. The number of carbonyl (C=O) groups excluding carboxylic acids is 2. The van der Waals surface area contributed by atoms with E-state index in [0.717, 1.165) is 4.90 Å². The molecule has 2 aromatic carbocycles. The topological polar surface area (TPSA) is 58.2 Å². The summed E-state index contributed by atoms with van der Waals surface area (Å²) in [4.78, 5) is 24.1. The van der Waals surface area contributed by atoms with E-state index >= 15 is 0 Å². The highest BCUT2D eigenvalue weighted by atomic mass is 79.9. The molecule has 0 aliphatic carbocycles. The summed E-state index contributed by atoms with van der Waals surface area (Å²) in [6.45, 7) is 3.19. The lowest BCUT2D eigenvalue weighted by Crippen LogP contribution is -2.22. The largest absolute Gasteiger partial charge is 0.326 e. The van der Waals surface area contributed by atoms with E-state index in [4.69, 9.17) is 0 Å². The zero-order valence-electron chi connectivity index (χ0n) is 13.1. The van der Waals surface area contributed by atoms with Gasteiger partial charge < -0.3 is 10.6 Å². The minimum Gasteiger partial charge on any atom is -0.326 e. The molecule has 2 aromatic rings. The van der Waals surface area contributed by atoms with Gasteiger partial charge in [0.1, 0.15) is 5.82 Å². The summed E-state index contributed by atoms with van der Waals surface area (Å²) in [6.07, 6.45) is 0. The Hall–Kier alpha value is -1.86. The van der Waals surface area contributed by atoms with Crippen molar-refractivity contribution >= 4 is 50.9 Å². The van der Waals surface area contributed by atoms with Gasteiger partial charge in [0.2, 0.25) is 11.8 Å². The number of thioether (sulfide) groups is 1. The third-order valence-corrected chi connectivity index (χ3v) is 4.65. The second kappa shape index (κ2) is 8.30. The van der Waals surface area contributed by atoms with Gasteiger partial charge in [0.15, 0.2) is 0 Å². The van der Waals surface area contributed by atoms with Crippen LogP contribution in [0.15, 0.2) is 51.8 Å². The number of anilines is 2. The van der Waals surface area contributed by atoms with Crippen LogP contribution < -0.4 is 10.6 Å². The van der Waals surface area contributed by atoms with Crippen LogP contribution in [0.5, 0.6) is 0 Å². The molecule has 0 saturated heterocycles. The van der Waals surface area contributed by atoms with Gasteiger partial charge in [-0.3, -0.25) is 9.59 Å². The average molecular weight is 411 g/mol. The Morgan fingerprint density at radius 3 is 2.38 bits per heavy atom. The lowest BCUT2D eigenvalue weighted by molar-refractivity contribution is -0.115. The molecule has 0 spiro atoms. The summed E-state index contributed by atoms with van der Waals surface area (Å²) in [5.74, 6) is -0.915. The van der Waals surface area contributed by atoms with Crippen LogP contribution in [-0.4, -0.2) is 17.1 Å². The Morgan fingerprint density at radius 2 is 1.79 bits per heavy atom. The first kappa shape index (κ1) is 18.5. The summed E-state index contributed by atoms with van der Waals surface area (Å²) < 4.78 is 14.4. The number of nitrogens with one attached hydrogen (secondary N) is 2. The monoisotopic (exact) mass is 410 g/mol. The van der Waals surface area contributed by atoms with E-state index in [1.165, 1.54) is 30.8 Å². The zero-order chi connectivity index (χ0) is 17.7. The second-order valence-corrected chi connectivity index (χ2v) is 7.41. The van der Waals surface area contributed by atoms with Crippen molar-refractivity contribution in [3.8, 4) is 0 Å². The minimum atomic E-state index is -0.491. The van der Waals surface area contributed by atoms with E-state index in [1.54, 1.807) is 25.1 Å².